The second-order valence-electron chi connectivity index (χ2n) is 8.73. The number of amides is 2. The smallest absolute Gasteiger partial charge is 0.407 e. The molecule has 4 rings (SSSR count). The van der Waals surface area contributed by atoms with Gasteiger partial charge in [-0.2, -0.15) is 0 Å². The van der Waals surface area contributed by atoms with Crippen molar-refractivity contribution in [3.63, 3.8) is 0 Å². The fraction of sp³-hybridized carbons (Fsp3) is 0.423. The van der Waals surface area contributed by atoms with Gasteiger partial charge in [-0.3, -0.25) is 4.79 Å². The molecule has 2 amide bonds. The molecule has 1 fully saturated rings. The van der Waals surface area contributed by atoms with Crippen LogP contribution in [-0.4, -0.2) is 58.3 Å². The molecular formula is C26H30N2O5S. The zero-order valence-corrected chi connectivity index (χ0v) is 20.1. The van der Waals surface area contributed by atoms with E-state index in [-0.39, 0.29) is 24.9 Å². The summed E-state index contributed by atoms with van der Waals surface area (Å²) in [6.07, 6.45) is 1.91. The van der Waals surface area contributed by atoms with Crippen LogP contribution in [0.1, 0.15) is 49.7 Å². The number of aliphatic carboxylic acids is 1. The summed E-state index contributed by atoms with van der Waals surface area (Å²) >= 11 is 1.43. The summed E-state index contributed by atoms with van der Waals surface area (Å²) in [5.41, 5.74) is 4.60. The highest BCUT2D eigenvalue weighted by atomic mass is 32.2. The van der Waals surface area contributed by atoms with Gasteiger partial charge in [-0.25, -0.2) is 9.59 Å². The largest absolute Gasteiger partial charge is 0.480 e. The van der Waals surface area contributed by atoms with Crippen molar-refractivity contribution in [1.82, 2.24) is 10.2 Å². The number of nitrogens with zero attached hydrogens (tertiary/aromatic N) is 1. The number of fused-ring (bicyclic) bond motifs is 3. The summed E-state index contributed by atoms with van der Waals surface area (Å²) < 4.78 is 5.64. The van der Waals surface area contributed by atoms with Crippen LogP contribution in [0.25, 0.3) is 11.1 Å². The molecule has 2 aromatic carbocycles. The number of alkyl carbamates (subject to hydrolysis) is 1. The molecule has 0 radical (unpaired) electrons. The van der Waals surface area contributed by atoms with Crippen molar-refractivity contribution in [2.45, 2.75) is 50.6 Å². The van der Waals surface area contributed by atoms with E-state index in [2.05, 4.69) is 29.6 Å². The Hall–Kier alpha value is -3.00. The standard InChI is InChI=1S/C26H30N2O5S/c1-2-3-8-17(13-24(29)28-16-34-15-23(28)25(30)31)27-26(32)33-14-22-20-11-6-4-9-18(20)19-10-5-7-12-21(19)22/h4-7,9-12,17,22-23H,2-3,8,13-16H2,1H3,(H,27,32)(H,30,31)/t17-,23+/m1/s1. The molecule has 2 N–H and O–H groups in total. The van der Waals surface area contributed by atoms with Crippen LogP contribution in [-0.2, 0) is 14.3 Å². The maximum Gasteiger partial charge on any atom is 0.407 e. The number of carbonyl (C=O) groups is 3. The zero-order valence-electron chi connectivity index (χ0n) is 19.2. The predicted octanol–water partition coefficient (Wildman–Crippen LogP) is 4.46. The fourth-order valence-corrected chi connectivity index (χ4v) is 5.88. The monoisotopic (exact) mass is 482 g/mol. The van der Waals surface area contributed by atoms with Crippen LogP contribution < -0.4 is 5.32 Å². The van der Waals surface area contributed by atoms with Gasteiger partial charge in [0, 0.05) is 24.1 Å². The quantitative estimate of drug-likeness (QED) is 0.548. The Morgan fingerprint density at radius 2 is 1.76 bits per heavy atom. The number of hydrogen-bond acceptors (Lipinski definition) is 5. The van der Waals surface area contributed by atoms with E-state index in [1.54, 1.807) is 0 Å². The summed E-state index contributed by atoms with van der Waals surface area (Å²) in [5, 5.41) is 12.2. The maximum absolute atomic E-state index is 12.8. The minimum atomic E-state index is -0.993. The van der Waals surface area contributed by atoms with Gasteiger partial charge in [0.2, 0.25) is 5.91 Å². The van der Waals surface area contributed by atoms with E-state index >= 15 is 0 Å². The number of rotatable bonds is 9. The van der Waals surface area contributed by atoms with Crippen molar-refractivity contribution in [2.75, 3.05) is 18.2 Å². The minimum Gasteiger partial charge on any atom is -0.480 e. The summed E-state index contributed by atoms with van der Waals surface area (Å²) in [6, 6.07) is 15.1. The van der Waals surface area contributed by atoms with E-state index in [1.165, 1.54) is 16.7 Å². The van der Waals surface area contributed by atoms with Crippen LogP contribution in [0.15, 0.2) is 48.5 Å². The number of benzene rings is 2. The maximum atomic E-state index is 12.8. The van der Waals surface area contributed by atoms with Gasteiger partial charge in [0.1, 0.15) is 12.6 Å². The van der Waals surface area contributed by atoms with Crippen molar-refractivity contribution in [2.24, 2.45) is 0 Å². The Morgan fingerprint density at radius 1 is 1.12 bits per heavy atom. The van der Waals surface area contributed by atoms with Crippen molar-refractivity contribution < 1.29 is 24.2 Å². The van der Waals surface area contributed by atoms with Gasteiger partial charge in [0.25, 0.3) is 0 Å². The first-order valence-corrected chi connectivity index (χ1v) is 12.9. The Kier molecular flexibility index (Phi) is 7.77. The molecule has 0 saturated carbocycles. The second kappa shape index (κ2) is 11.0. The first-order valence-electron chi connectivity index (χ1n) is 11.7. The van der Waals surface area contributed by atoms with Crippen molar-refractivity contribution >= 4 is 29.7 Å². The molecule has 34 heavy (non-hydrogen) atoms. The molecule has 0 aromatic heterocycles. The van der Waals surface area contributed by atoms with E-state index in [0.29, 0.717) is 18.1 Å². The van der Waals surface area contributed by atoms with Crippen LogP contribution in [0.5, 0.6) is 0 Å². The van der Waals surface area contributed by atoms with Gasteiger partial charge in [0.15, 0.2) is 0 Å². The number of carbonyl (C=O) groups excluding carboxylic acids is 2. The number of ether oxygens (including phenoxy) is 1. The van der Waals surface area contributed by atoms with Crippen LogP contribution in [0, 0.1) is 0 Å². The number of carboxylic acid groups (broad SMARTS) is 1. The Bertz CT molecular complexity index is 1010. The molecule has 0 unspecified atom stereocenters. The third-order valence-electron chi connectivity index (χ3n) is 6.48. The lowest BCUT2D eigenvalue weighted by Gasteiger charge is -2.24. The summed E-state index contributed by atoms with van der Waals surface area (Å²) in [6.45, 7) is 2.25. The lowest BCUT2D eigenvalue weighted by molar-refractivity contribution is -0.148. The van der Waals surface area contributed by atoms with Crippen LogP contribution >= 0.6 is 11.8 Å². The highest BCUT2D eigenvalue weighted by Crippen LogP contribution is 2.44. The average Bonchev–Trinajstić information content (AvgIpc) is 3.45. The molecule has 0 bridgehead atoms. The van der Waals surface area contributed by atoms with Gasteiger partial charge < -0.3 is 20.1 Å². The molecule has 1 aliphatic heterocycles. The van der Waals surface area contributed by atoms with Crippen molar-refractivity contribution in [3.8, 4) is 11.1 Å². The van der Waals surface area contributed by atoms with E-state index in [1.807, 2.05) is 31.2 Å². The molecule has 1 heterocycles. The van der Waals surface area contributed by atoms with Crippen LogP contribution in [0.4, 0.5) is 4.79 Å². The molecule has 2 aliphatic rings. The predicted molar refractivity (Wildman–Crippen MR) is 132 cm³/mol. The molecular weight excluding hydrogens is 452 g/mol. The van der Waals surface area contributed by atoms with Gasteiger partial charge in [0.05, 0.1) is 5.88 Å². The van der Waals surface area contributed by atoms with Crippen molar-refractivity contribution in [3.05, 3.63) is 59.7 Å². The van der Waals surface area contributed by atoms with E-state index in [0.717, 1.165) is 35.1 Å². The van der Waals surface area contributed by atoms with Gasteiger partial charge in [-0.05, 0) is 28.7 Å². The third-order valence-corrected chi connectivity index (χ3v) is 7.49. The minimum absolute atomic E-state index is 0.0353. The third kappa shape index (κ3) is 5.22. The lowest BCUT2D eigenvalue weighted by Crippen LogP contribution is -2.45. The first-order chi connectivity index (χ1) is 16.5. The van der Waals surface area contributed by atoms with Crippen molar-refractivity contribution in [1.29, 1.82) is 0 Å². The Morgan fingerprint density at radius 3 is 2.38 bits per heavy atom. The molecule has 1 aliphatic carbocycles. The van der Waals surface area contributed by atoms with Gasteiger partial charge in [-0.15, -0.1) is 11.8 Å². The van der Waals surface area contributed by atoms with Gasteiger partial charge in [-0.1, -0.05) is 68.3 Å². The fourth-order valence-electron chi connectivity index (χ4n) is 4.70. The number of hydrogen-bond donors (Lipinski definition) is 2. The van der Waals surface area contributed by atoms with E-state index in [4.69, 9.17) is 4.74 Å². The highest BCUT2D eigenvalue weighted by Gasteiger charge is 2.35. The molecule has 7 nitrogen and oxygen atoms in total. The second-order valence-corrected chi connectivity index (χ2v) is 9.73. The molecule has 1 saturated heterocycles. The molecule has 180 valence electrons. The number of carboxylic acids is 1. The zero-order chi connectivity index (χ0) is 24.1. The summed E-state index contributed by atoms with van der Waals surface area (Å²) in [5.74, 6) is -0.529. The Labute approximate surface area is 203 Å². The van der Waals surface area contributed by atoms with Gasteiger partial charge >= 0.3 is 12.1 Å². The molecule has 0 spiro atoms. The summed E-state index contributed by atoms with van der Waals surface area (Å²) in [7, 11) is 0. The number of thioether (sulfide) groups is 1. The first kappa shape index (κ1) is 24.1. The van der Waals surface area contributed by atoms with E-state index in [9.17, 15) is 19.5 Å². The highest BCUT2D eigenvalue weighted by molar-refractivity contribution is 7.99. The topological polar surface area (TPSA) is 95.9 Å². The van der Waals surface area contributed by atoms with Crippen LogP contribution in [0.2, 0.25) is 0 Å². The number of unbranched alkanes of at least 4 members (excludes halogenated alkanes) is 1. The SMILES string of the molecule is CCCC[C@H](CC(=O)N1CSC[C@H]1C(=O)O)NC(=O)OCC1c2ccccc2-c2ccccc21. The average molecular weight is 483 g/mol. The molecule has 2 atom stereocenters. The number of nitrogens with one attached hydrogen (secondary N) is 1. The Balaban J connectivity index is 1.38. The molecule has 8 heteroatoms. The summed E-state index contributed by atoms with van der Waals surface area (Å²) in [4.78, 5) is 38.4. The van der Waals surface area contributed by atoms with E-state index < -0.39 is 24.1 Å². The van der Waals surface area contributed by atoms with Crippen LogP contribution in [0.3, 0.4) is 0 Å². The molecule has 2 aromatic rings. The normalized spacial score (nSPS) is 17.7. The lowest BCUT2D eigenvalue weighted by atomic mass is 9.98.